The van der Waals surface area contributed by atoms with E-state index < -0.39 is 0 Å². The van der Waals surface area contributed by atoms with Crippen LogP contribution in [-0.4, -0.2) is 6.54 Å². The van der Waals surface area contributed by atoms with Crippen molar-refractivity contribution in [3.8, 4) is 6.07 Å². The van der Waals surface area contributed by atoms with Crippen LogP contribution in [0.3, 0.4) is 0 Å². The molecule has 98 valence electrons. The Morgan fingerprint density at radius 3 is 2.56 bits per heavy atom. The van der Waals surface area contributed by atoms with Crippen molar-refractivity contribution in [2.45, 2.75) is 34.1 Å². The van der Waals surface area contributed by atoms with Gasteiger partial charge in [-0.1, -0.05) is 20.8 Å². The lowest BCUT2D eigenvalue weighted by atomic mass is 9.98. The molecule has 1 unspecified atom stereocenters. The first-order chi connectivity index (χ1) is 8.43. The number of hydrogen-bond acceptors (Lipinski definition) is 2. The second kappa shape index (κ2) is 6.39. The maximum atomic E-state index is 13.6. The molecule has 0 saturated carbocycles. The molecule has 0 aliphatic rings. The van der Waals surface area contributed by atoms with Gasteiger partial charge in [-0.15, -0.1) is 0 Å². The summed E-state index contributed by atoms with van der Waals surface area (Å²) in [6, 6.07) is 4.96. The molecule has 3 heteroatoms. The Hall–Kier alpha value is -1.56. The highest BCUT2D eigenvalue weighted by Gasteiger charge is 2.09. The van der Waals surface area contributed by atoms with Gasteiger partial charge < -0.3 is 5.32 Å². The van der Waals surface area contributed by atoms with Crippen LogP contribution in [0.4, 0.5) is 10.1 Å². The molecule has 1 aromatic carbocycles. The summed E-state index contributed by atoms with van der Waals surface area (Å²) in [5, 5.41) is 12.1. The van der Waals surface area contributed by atoms with E-state index in [-0.39, 0.29) is 5.82 Å². The summed E-state index contributed by atoms with van der Waals surface area (Å²) in [6.45, 7) is 9.08. The van der Waals surface area contributed by atoms with Crippen molar-refractivity contribution in [3.05, 3.63) is 29.1 Å². The minimum atomic E-state index is -0.326. The largest absolute Gasteiger partial charge is 0.384 e. The SMILES string of the molecule is Cc1c(F)cc(C#N)cc1NCC(C)CC(C)C. The number of nitrogens with one attached hydrogen (secondary N) is 1. The fraction of sp³-hybridized carbons (Fsp3) is 0.533. The van der Waals surface area contributed by atoms with E-state index in [1.807, 2.05) is 6.07 Å². The van der Waals surface area contributed by atoms with Crippen molar-refractivity contribution < 1.29 is 4.39 Å². The van der Waals surface area contributed by atoms with Crippen molar-refractivity contribution in [2.24, 2.45) is 11.8 Å². The van der Waals surface area contributed by atoms with E-state index in [2.05, 4.69) is 26.1 Å². The smallest absolute Gasteiger partial charge is 0.129 e. The van der Waals surface area contributed by atoms with E-state index >= 15 is 0 Å². The Morgan fingerprint density at radius 1 is 1.33 bits per heavy atom. The van der Waals surface area contributed by atoms with Gasteiger partial charge in [-0.05, 0) is 37.3 Å². The molecular weight excluding hydrogens is 227 g/mol. The zero-order chi connectivity index (χ0) is 13.7. The average molecular weight is 248 g/mol. The highest BCUT2D eigenvalue weighted by Crippen LogP contribution is 2.21. The molecule has 18 heavy (non-hydrogen) atoms. The average Bonchev–Trinajstić information content (AvgIpc) is 2.30. The molecule has 0 aromatic heterocycles. The van der Waals surface area contributed by atoms with E-state index in [0.717, 1.165) is 18.7 Å². The van der Waals surface area contributed by atoms with Crippen molar-refractivity contribution in [1.82, 2.24) is 0 Å². The first kappa shape index (κ1) is 14.5. The van der Waals surface area contributed by atoms with Crippen molar-refractivity contribution in [3.63, 3.8) is 0 Å². The Bertz CT molecular complexity index is 447. The highest BCUT2D eigenvalue weighted by atomic mass is 19.1. The number of benzene rings is 1. The Kier molecular flexibility index (Phi) is 5.15. The minimum Gasteiger partial charge on any atom is -0.384 e. The van der Waals surface area contributed by atoms with Crippen LogP contribution in [-0.2, 0) is 0 Å². The molecule has 0 spiro atoms. The number of nitriles is 1. The number of halogens is 1. The number of nitrogens with zero attached hydrogens (tertiary/aromatic N) is 1. The van der Waals surface area contributed by atoms with Crippen LogP contribution >= 0.6 is 0 Å². The molecular formula is C15H21FN2. The molecule has 1 aromatic rings. The van der Waals surface area contributed by atoms with Crippen LogP contribution < -0.4 is 5.32 Å². The van der Waals surface area contributed by atoms with Gasteiger partial charge in [0.15, 0.2) is 0 Å². The Balaban J connectivity index is 2.73. The fourth-order valence-corrected chi connectivity index (χ4v) is 2.10. The molecule has 0 heterocycles. The molecule has 0 radical (unpaired) electrons. The van der Waals surface area contributed by atoms with Crippen molar-refractivity contribution in [1.29, 1.82) is 5.26 Å². The molecule has 0 bridgehead atoms. The monoisotopic (exact) mass is 248 g/mol. The van der Waals surface area contributed by atoms with E-state index in [1.165, 1.54) is 6.07 Å². The maximum Gasteiger partial charge on any atom is 0.129 e. The zero-order valence-electron chi connectivity index (χ0n) is 11.5. The summed E-state index contributed by atoms with van der Waals surface area (Å²) in [7, 11) is 0. The van der Waals surface area contributed by atoms with E-state index in [9.17, 15) is 4.39 Å². The molecule has 0 saturated heterocycles. The molecule has 1 N–H and O–H groups in total. The lowest BCUT2D eigenvalue weighted by Gasteiger charge is -2.17. The van der Waals surface area contributed by atoms with Gasteiger partial charge in [-0.2, -0.15) is 5.26 Å². The van der Waals surface area contributed by atoms with Crippen LogP contribution in [0.15, 0.2) is 12.1 Å². The highest BCUT2D eigenvalue weighted by molar-refractivity contribution is 5.55. The molecule has 0 amide bonds. The van der Waals surface area contributed by atoms with Gasteiger partial charge >= 0.3 is 0 Å². The normalized spacial score (nSPS) is 12.3. The molecule has 0 fully saturated rings. The second-order valence-corrected chi connectivity index (χ2v) is 5.36. The van der Waals surface area contributed by atoms with Crippen LogP contribution in [0.5, 0.6) is 0 Å². The van der Waals surface area contributed by atoms with E-state index in [0.29, 0.717) is 23.0 Å². The van der Waals surface area contributed by atoms with Gasteiger partial charge in [0, 0.05) is 17.8 Å². The molecule has 2 nitrogen and oxygen atoms in total. The van der Waals surface area contributed by atoms with Gasteiger partial charge in [-0.25, -0.2) is 4.39 Å². The van der Waals surface area contributed by atoms with Crippen LogP contribution in [0.1, 0.15) is 38.3 Å². The van der Waals surface area contributed by atoms with Gasteiger partial charge in [0.05, 0.1) is 11.6 Å². The third-order valence-electron chi connectivity index (χ3n) is 2.99. The third kappa shape index (κ3) is 4.03. The lowest BCUT2D eigenvalue weighted by molar-refractivity contribution is 0.455. The molecule has 0 aliphatic heterocycles. The predicted octanol–water partition coefficient (Wildman–Crippen LogP) is 4.10. The Labute approximate surface area is 109 Å². The van der Waals surface area contributed by atoms with Crippen molar-refractivity contribution >= 4 is 5.69 Å². The predicted molar refractivity (Wildman–Crippen MR) is 73.0 cm³/mol. The van der Waals surface area contributed by atoms with E-state index in [1.54, 1.807) is 13.0 Å². The first-order valence-corrected chi connectivity index (χ1v) is 6.38. The second-order valence-electron chi connectivity index (χ2n) is 5.36. The summed E-state index contributed by atoms with van der Waals surface area (Å²) in [5.74, 6) is 0.858. The third-order valence-corrected chi connectivity index (χ3v) is 2.99. The van der Waals surface area contributed by atoms with Gasteiger partial charge in [0.2, 0.25) is 0 Å². The van der Waals surface area contributed by atoms with Crippen LogP contribution in [0.2, 0.25) is 0 Å². The molecule has 1 atom stereocenters. The Morgan fingerprint density at radius 2 is 2.00 bits per heavy atom. The van der Waals surface area contributed by atoms with Crippen LogP contribution in [0.25, 0.3) is 0 Å². The summed E-state index contributed by atoms with van der Waals surface area (Å²) in [5.41, 5.74) is 1.66. The minimum absolute atomic E-state index is 0.326. The van der Waals surface area contributed by atoms with E-state index in [4.69, 9.17) is 5.26 Å². The lowest BCUT2D eigenvalue weighted by Crippen LogP contribution is -2.14. The molecule has 0 aliphatic carbocycles. The summed E-state index contributed by atoms with van der Waals surface area (Å²) >= 11 is 0. The standard InChI is InChI=1S/C15H21FN2/c1-10(2)5-11(3)9-18-15-7-13(8-17)6-14(16)12(15)4/h6-7,10-11,18H,5,9H2,1-4H3. The quantitative estimate of drug-likeness (QED) is 0.851. The number of anilines is 1. The number of hydrogen-bond donors (Lipinski definition) is 1. The first-order valence-electron chi connectivity index (χ1n) is 6.38. The summed E-state index contributed by atoms with van der Waals surface area (Å²) in [6.07, 6.45) is 1.13. The van der Waals surface area contributed by atoms with Gasteiger partial charge in [0.1, 0.15) is 5.82 Å². The van der Waals surface area contributed by atoms with Gasteiger partial charge in [0.25, 0.3) is 0 Å². The number of rotatable bonds is 5. The van der Waals surface area contributed by atoms with Crippen LogP contribution in [0, 0.1) is 35.9 Å². The zero-order valence-corrected chi connectivity index (χ0v) is 11.5. The summed E-state index contributed by atoms with van der Waals surface area (Å²) in [4.78, 5) is 0. The summed E-state index contributed by atoms with van der Waals surface area (Å²) < 4.78 is 13.6. The van der Waals surface area contributed by atoms with Gasteiger partial charge in [-0.3, -0.25) is 0 Å². The van der Waals surface area contributed by atoms with Crippen molar-refractivity contribution in [2.75, 3.05) is 11.9 Å². The fourth-order valence-electron chi connectivity index (χ4n) is 2.10. The topological polar surface area (TPSA) is 35.8 Å². The maximum absolute atomic E-state index is 13.6. The molecule has 1 rings (SSSR count).